The lowest BCUT2D eigenvalue weighted by Gasteiger charge is -2.60. The first-order valence-corrected chi connectivity index (χ1v) is 6.53. The molecule has 2 aliphatic carbocycles. The summed E-state index contributed by atoms with van der Waals surface area (Å²) in [7, 11) is 0. The van der Waals surface area contributed by atoms with E-state index < -0.39 is 0 Å². The summed E-state index contributed by atoms with van der Waals surface area (Å²) >= 11 is 0. The molecule has 0 aromatic carbocycles. The van der Waals surface area contributed by atoms with Crippen molar-refractivity contribution in [2.24, 2.45) is 17.3 Å². The fourth-order valence-corrected chi connectivity index (χ4v) is 4.43. The Morgan fingerprint density at radius 2 is 1.86 bits per heavy atom. The van der Waals surface area contributed by atoms with E-state index in [0.29, 0.717) is 5.41 Å². The van der Waals surface area contributed by atoms with Crippen LogP contribution in [0.2, 0.25) is 0 Å². The topological polar surface area (TPSA) is 12.0 Å². The number of nitrogens with one attached hydrogen (secondary N) is 1. The van der Waals surface area contributed by atoms with Gasteiger partial charge in [-0.25, -0.2) is 0 Å². The highest BCUT2D eigenvalue weighted by atomic mass is 15.0. The molecule has 0 heterocycles. The third-order valence-corrected chi connectivity index (χ3v) is 5.10. The highest BCUT2D eigenvalue weighted by molar-refractivity contribution is 5.12. The summed E-state index contributed by atoms with van der Waals surface area (Å²) in [6.45, 7) is 8.18. The van der Waals surface area contributed by atoms with Gasteiger partial charge < -0.3 is 5.32 Å². The van der Waals surface area contributed by atoms with E-state index in [-0.39, 0.29) is 0 Å². The maximum Gasteiger partial charge on any atom is 0.0157 e. The lowest BCUT2D eigenvalue weighted by molar-refractivity contribution is -0.0765. The monoisotopic (exact) mass is 195 g/mol. The van der Waals surface area contributed by atoms with Crippen LogP contribution in [0.25, 0.3) is 0 Å². The molecule has 82 valence electrons. The quantitative estimate of drug-likeness (QED) is 0.726. The van der Waals surface area contributed by atoms with Crippen molar-refractivity contribution in [1.29, 1.82) is 0 Å². The van der Waals surface area contributed by atoms with E-state index in [1.54, 1.807) is 0 Å². The second-order valence-corrected chi connectivity index (χ2v) is 5.18. The van der Waals surface area contributed by atoms with Gasteiger partial charge in [-0.15, -0.1) is 0 Å². The summed E-state index contributed by atoms with van der Waals surface area (Å²) in [5, 5.41) is 3.75. The first kappa shape index (κ1) is 10.5. The summed E-state index contributed by atoms with van der Waals surface area (Å²) in [5.74, 6) is 2.08. The van der Waals surface area contributed by atoms with Gasteiger partial charge in [0.15, 0.2) is 0 Å². The van der Waals surface area contributed by atoms with E-state index >= 15 is 0 Å². The van der Waals surface area contributed by atoms with Crippen molar-refractivity contribution in [3.8, 4) is 0 Å². The molecule has 2 rings (SSSR count). The molecule has 0 aromatic rings. The van der Waals surface area contributed by atoms with Gasteiger partial charge in [-0.05, 0) is 49.5 Å². The van der Waals surface area contributed by atoms with E-state index in [2.05, 4.69) is 26.1 Å². The van der Waals surface area contributed by atoms with E-state index in [4.69, 9.17) is 0 Å². The smallest absolute Gasteiger partial charge is 0.0157 e. The average Bonchev–Trinajstić information content (AvgIpc) is 2.63. The Bertz CT molecular complexity index is 195. The SMILES string of the molecule is CCNC1C2CCCC2C1(CC)CC. The Morgan fingerprint density at radius 3 is 2.43 bits per heavy atom. The van der Waals surface area contributed by atoms with Gasteiger partial charge >= 0.3 is 0 Å². The van der Waals surface area contributed by atoms with Crippen LogP contribution in [0.3, 0.4) is 0 Å². The van der Waals surface area contributed by atoms with Crippen LogP contribution in [0.15, 0.2) is 0 Å². The number of rotatable bonds is 4. The van der Waals surface area contributed by atoms with E-state index in [9.17, 15) is 0 Å². The van der Waals surface area contributed by atoms with Crippen LogP contribution < -0.4 is 5.32 Å². The third-order valence-electron chi connectivity index (χ3n) is 5.10. The van der Waals surface area contributed by atoms with Crippen molar-refractivity contribution in [1.82, 2.24) is 5.32 Å². The van der Waals surface area contributed by atoms with Gasteiger partial charge in [0.25, 0.3) is 0 Å². The largest absolute Gasteiger partial charge is 0.313 e. The van der Waals surface area contributed by atoms with Crippen LogP contribution >= 0.6 is 0 Å². The molecule has 14 heavy (non-hydrogen) atoms. The van der Waals surface area contributed by atoms with Gasteiger partial charge in [0.1, 0.15) is 0 Å². The number of hydrogen-bond acceptors (Lipinski definition) is 1. The molecule has 0 spiro atoms. The summed E-state index contributed by atoms with van der Waals surface area (Å²) in [6.07, 6.45) is 7.24. The lowest BCUT2D eigenvalue weighted by Crippen LogP contribution is -2.64. The summed E-state index contributed by atoms with van der Waals surface area (Å²) < 4.78 is 0. The van der Waals surface area contributed by atoms with E-state index in [1.807, 2.05) is 0 Å². The molecule has 0 aromatic heterocycles. The van der Waals surface area contributed by atoms with Crippen molar-refractivity contribution in [2.45, 2.75) is 58.9 Å². The molecule has 3 unspecified atom stereocenters. The molecule has 0 saturated heterocycles. The minimum Gasteiger partial charge on any atom is -0.313 e. The van der Waals surface area contributed by atoms with Crippen molar-refractivity contribution >= 4 is 0 Å². The maximum absolute atomic E-state index is 3.75. The zero-order chi connectivity index (χ0) is 10.2. The Labute approximate surface area is 88.7 Å². The molecule has 0 aliphatic heterocycles. The van der Waals surface area contributed by atoms with Crippen molar-refractivity contribution in [3.63, 3.8) is 0 Å². The van der Waals surface area contributed by atoms with Crippen molar-refractivity contribution < 1.29 is 0 Å². The molecule has 2 aliphatic rings. The second-order valence-electron chi connectivity index (χ2n) is 5.18. The molecule has 2 saturated carbocycles. The summed E-state index contributed by atoms with van der Waals surface area (Å²) in [4.78, 5) is 0. The molecule has 3 atom stereocenters. The second kappa shape index (κ2) is 3.84. The average molecular weight is 195 g/mol. The van der Waals surface area contributed by atoms with E-state index in [1.165, 1.54) is 32.1 Å². The zero-order valence-electron chi connectivity index (χ0n) is 9.97. The molecule has 0 amide bonds. The van der Waals surface area contributed by atoms with Gasteiger partial charge in [-0.2, -0.15) is 0 Å². The Hall–Kier alpha value is -0.0400. The van der Waals surface area contributed by atoms with E-state index in [0.717, 1.165) is 24.4 Å². The van der Waals surface area contributed by atoms with Crippen molar-refractivity contribution in [2.75, 3.05) is 6.54 Å². The van der Waals surface area contributed by atoms with Crippen LogP contribution in [0.1, 0.15) is 52.9 Å². The molecule has 2 fully saturated rings. The lowest BCUT2D eigenvalue weighted by atomic mass is 9.49. The predicted octanol–water partition coefficient (Wildman–Crippen LogP) is 3.20. The highest BCUT2D eigenvalue weighted by Crippen LogP contribution is 2.62. The Morgan fingerprint density at radius 1 is 1.14 bits per heavy atom. The molecular weight excluding hydrogens is 170 g/mol. The predicted molar refractivity (Wildman–Crippen MR) is 61.3 cm³/mol. The standard InChI is InChI=1S/C13H25N/c1-4-13(5-2)11-9-7-8-10(11)12(13)14-6-3/h10-12,14H,4-9H2,1-3H3. The summed E-state index contributed by atoms with van der Waals surface area (Å²) in [5.41, 5.74) is 0.664. The van der Waals surface area contributed by atoms with Crippen LogP contribution in [-0.2, 0) is 0 Å². The van der Waals surface area contributed by atoms with Crippen LogP contribution in [0.5, 0.6) is 0 Å². The minimum atomic E-state index is 0.664. The van der Waals surface area contributed by atoms with Gasteiger partial charge in [0.2, 0.25) is 0 Å². The maximum atomic E-state index is 3.75. The normalized spacial score (nSPS) is 39.2. The number of hydrogen-bond donors (Lipinski definition) is 1. The Balaban J connectivity index is 2.12. The van der Waals surface area contributed by atoms with Crippen LogP contribution in [0, 0.1) is 17.3 Å². The third kappa shape index (κ3) is 1.18. The molecule has 1 heteroatoms. The van der Waals surface area contributed by atoms with Gasteiger partial charge in [-0.3, -0.25) is 0 Å². The van der Waals surface area contributed by atoms with Crippen LogP contribution in [-0.4, -0.2) is 12.6 Å². The molecule has 1 nitrogen and oxygen atoms in total. The molecular formula is C13H25N. The van der Waals surface area contributed by atoms with Gasteiger partial charge in [-0.1, -0.05) is 27.2 Å². The zero-order valence-corrected chi connectivity index (χ0v) is 9.97. The first-order chi connectivity index (χ1) is 6.80. The Kier molecular flexibility index (Phi) is 2.88. The fourth-order valence-electron chi connectivity index (χ4n) is 4.43. The number of fused-ring (bicyclic) bond motifs is 1. The minimum absolute atomic E-state index is 0.664. The molecule has 0 bridgehead atoms. The molecule has 1 N–H and O–H groups in total. The van der Waals surface area contributed by atoms with Gasteiger partial charge in [0.05, 0.1) is 0 Å². The fraction of sp³-hybridized carbons (Fsp3) is 1.00. The first-order valence-electron chi connectivity index (χ1n) is 6.53. The highest BCUT2D eigenvalue weighted by Gasteiger charge is 2.60. The molecule has 0 radical (unpaired) electrons. The van der Waals surface area contributed by atoms with Gasteiger partial charge in [0, 0.05) is 6.04 Å². The summed E-state index contributed by atoms with van der Waals surface area (Å²) in [6, 6.07) is 0.843. The van der Waals surface area contributed by atoms with Crippen molar-refractivity contribution in [3.05, 3.63) is 0 Å². The van der Waals surface area contributed by atoms with Crippen LogP contribution in [0.4, 0.5) is 0 Å².